The molecule has 0 aromatic heterocycles. The molecule has 1 fully saturated rings. The van der Waals surface area contributed by atoms with Gasteiger partial charge in [0.05, 0.1) is 17.5 Å². The van der Waals surface area contributed by atoms with Gasteiger partial charge in [-0.25, -0.2) is 0 Å². The highest BCUT2D eigenvalue weighted by Gasteiger charge is 2.35. The summed E-state index contributed by atoms with van der Waals surface area (Å²) >= 11 is 0. The SMILES string of the molecule is O=C(Nc1ccccc1OC(F)F)[C@H]1CCCC[C@H]1C(=O)O. The number of nitrogens with one attached hydrogen (secondary N) is 1. The Balaban J connectivity index is 2.12. The number of ether oxygens (including phenoxy) is 1. The number of hydrogen-bond donors (Lipinski definition) is 2. The number of carboxylic acids is 1. The topological polar surface area (TPSA) is 75.6 Å². The predicted octanol–water partition coefficient (Wildman–Crippen LogP) is 3.12. The molecule has 1 aliphatic rings. The van der Waals surface area contributed by atoms with Crippen LogP contribution >= 0.6 is 0 Å². The number of alkyl halides is 2. The number of aliphatic carboxylic acids is 1. The summed E-state index contributed by atoms with van der Waals surface area (Å²) in [6.45, 7) is -3.00. The van der Waals surface area contributed by atoms with Crippen LogP contribution in [-0.4, -0.2) is 23.6 Å². The molecule has 0 radical (unpaired) electrons. The van der Waals surface area contributed by atoms with E-state index in [1.807, 2.05) is 0 Å². The molecule has 1 aliphatic carbocycles. The number of rotatable bonds is 5. The monoisotopic (exact) mass is 313 g/mol. The van der Waals surface area contributed by atoms with E-state index in [9.17, 15) is 23.5 Å². The van der Waals surface area contributed by atoms with Crippen LogP contribution in [0.5, 0.6) is 5.75 Å². The molecule has 0 spiro atoms. The van der Waals surface area contributed by atoms with Crippen LogP contribution in [0.2, 0.25) is 0 Å². The Kier molecular flexibility index (Phi) is 5.30. The summed E-state index contributed by atoms with van der Waals surface area (Å²) in [5.74, 6) is -3.02. The first-order chi connectivity index (χ1) is 10.5. The van der Waals surface area contributed by atoms with Crippen molar-refractivity contribution in [3.05, 3.63) is 24.3 Å². The molecule has 1 amide bonds. The van der Waals surface area contributed by atoms with Crippen LogP contribution in [0.15, 0.2) is 24.3 Å². The van der Waals surface area contributed by atoms with Gasteiger partial charge in [-0.3, -0.25) is 9.59 Å². The molecule has 2 rings (SSSR count). The van der Waals surface area contributed by atoms with E-state index < -0.39 is 30.3 Å². The van der Waals surface area contributed by atoms with Gasteiger partial charge in [0.1, 0.15) is 5.75 Å². The molecule has 1 aromatic carbocycles. The minimum atomic E-state index is -3.00. The van der Waals surface area contributed by atoms with Crippen LogP contribution in [0, 0.1) is 11.8 Å². The highest BCUT2D eigenvalue weighted by molar-refractivity contribution is 5.96. The summed E-state index contributed by atoms with van der Waals surface area (Å²) in [4.78, 5) is 23.5. The Labute approximate surface area is 126 Å². The molecule has 0 aliphatic heterocycles. The minimum absolute atomic E-state index is 0.113. The highest BCUT2D eigenvalue weighted by Crippen LogP contribution is 2.33. The molecule has 7 heteroatoms. The molecule has 2 atom stereocenters. The largest absolute Gasteiger partial charge is 0.481 e. The van der Waals surface area contributed by atoms with Gasteiger partial charge >= 0.3 is 12.6 Å². The molecule has 2 N–H and O–H groups in total. The number of halogens is 2. The predicted molar refractivity (Wildman–Crippen MR) is 74.8 cm³/mol. The number of para-hydroxylation sites is 2. The molecule has 120 valence electrons. The number of carbonyl (C=O) groups is 2. The number of amides is 1. The van der Waals surface area contributed by atoms with Gasteiger partial charge in [0.2, 0.25) is 5.91 Å². The Bertz CT molecular complexity index is 550. The lowest BCUT2D eigenvalue weighted by Crippen LogP contribution is -2.36. The van der Waals surface area contributed by atoms with Crippen LogP contribution in [0.25, 0.3) is 0 Å². The maximum atomic E-state index is 12.3. The zero-order valence-electron chi connectivity index (χ0n) is 11.8. The van der Waals surface area contributed by atoms with Crippen LogP contribution in [0.3, 0.4) is 0 Å². The van der Waals surface area contributed by atoms with Crippen molar-refractivity contribution in [1.29, 1.82) is 0 Å². The summed E-state index contributed by atoms with van der Waals surface area (Å²) in [6, 6.07) is 5.84. The lowest BCUT2D eigenvalue weighted by atomic mass is 9.78. The maximum Gasteiger partial charge on any atom is 0.387 e. The van der Waals surface area contributed by atoms with Gasteiger partial charge in [0.15, 0.2) is 0 Å². The average molecular weight is 313 g/mol. The van der Waals surface area contributed by atoms with Gasteiger partial charge in [-0.2, -0.15) is 8.78 Å². The molecule has 0 unspecified atom stereocenters. The second-order valence-corrected chi connectivity index (χ2v) is 5.20. The van der Waals surface area contributed by atoms with Gasteiger partial charge in [-0.05, 0) is 25.0 Å². The standard InChI is InChI=1S/C15H17F2NO4/c16-15(17)22-12-8-4-3-7-11(12)18-13(19)9-5-1-2-6-10(9)14(20)21/h3-4,7-10,15H,1-2,5-6H2,(H,18,19)(H,20,21)/t9-,10+/m0/s1. The zero-order chi connectivity index (χ0) is 16.1. The van der Waals surface area contributed by atoms with Crippen molar-refractivity contribution in [3.8, 4) is 5.75 Å². The third-order valence-electron chi connectivity index (χ3n) is 3.78. The average Bonchev–Trinajstić information content (AvgIpc) is 2.48. The van der Waals surface area contributed by atoms with E-state index in [2.05, 4.69) is 10.1 Å². The van der Waals surface area contributed by atoms with Crippen LogP contribution < -0.4 is 10.1 Å². The summed E-state index contributed by atoms with van der Waals surface area (Å²) in [6.07, 6.45) is 2.46. The van der Waals surface area contributed by atoms with Crippen molar-refractivity contribution in [2.75, 3.05) is 5.32 Å². The van der Waals surface area contributed by atoms with Crippen molar-refractivity contribution in [2.45, 2.75) is 32.3 Å². The summed E-state index contributed by atoms with van der Waals surface area (Å²) in [5.41, 5.74) is 0.113. The summed E-state index contributed by atoms with van der Waals surface area (Å²) in [7, 11) is 0. The quantitative estimate of drug-likeness (QED) is 0.876. The second kappa shape index (κ2) is 7.20. The Morgan fingerprint density at radius 3 is 2.45 bits per heavy atom. The number of hydrogen-bond acceptors (Lipinski definition) is 3. The fourth-order valence-electron chi connectivity index (χ4n) is 2.73. The number of benzene rings is 1. The van der Waals surface area contributed by atoms with Gasteiger partial charge in [-0.1, -0.05) is 25.0 Å². The molecule has 22 heavy (non-hydrogen) atoms. The number of carbonyl (C=O) groups excluding carboxylic acids is 1. The molecule has 0 saturated heterocycles. The van der Waals surface area contributed by atoms with Gasteiger partial charge < -0.3 is 15.2 Å². The Hall–Kier alpha value is -2.18. The van der Waals surface area contributed by atoms with Crippen LogP contribution in [-0.2, 0) is 9.59 Å². The Morgan fingerprint density at radius 1 is 1.18 bits per heavy atom. The van der Waals surface area contributed by atoms with Crippen molar-refractivity contribution >= 4 is 17.6 Å². The van der Waals surface area contributed by atoms with E-state index in [0.717, 1.165) is 12.8 Å². The number of anilines is 1. The minimum Gasteiger partial charge on any atom is -0.481 e. The molecule has 1 saturated carbocycles. The van der Waals surface area contributed by atoms with Gasteiger partial charge in [0, 0.05) is 0 Å². The van der Waals surface area contributed by atoms with Crippen LogP contribution in [0.4, 0.5) is 14.5 Å². The number of carboxylic acid groups (broad SMARTS) is 1. The molecule has 1 aromatic rings. The zero-order valence-corrected chi connectivity index (χ0v) is 11.8. The van der Waals surface area contributed by atoms with Crippen molar-refractivity contribution in [1.82, 2.24) is 0 Å². The summed E-state index contributed by atoms with van der Waals surface area (Å²) in [5, 5.41) is 11.7. The van der Waals surface area contributed by atoms with E-state index in [0.29, 0.717) is 12.8 Å². The van der Waals surface area contributed by atoms with Gasteiger partial charge in [-0.15, -0.1) is 0 Å². The first-order valence-electron chi connectivity index (χ1n) is 7.06. The molecule has 0 bridgehead atoms. The van der Waals surface area contributed by atoms with Crippen molar-refractivity contribution < 1.29 is 28.2 Å². The van der Waals surface area contributed by atoms with Crippen molar-refractivity contribution in [2.24, 2.45) is 11.8 Å². The molecular weight excluding hydrogens is 296 g/mol. The fraction of sp³-hybridized carbons (Fsp3) is 0.467. The van der Waals surface area contributed by atoms with Crippen LogP contribution in [0.1, 0.15) is 25.7 Å². The third kappa shape index (κ3) is 3.93. The molecule has 0 heterocycles. The van der Waals surface area contributed by atoms with E-state index in [-0.39, 0.29) is 11.4 Å². The van der Waals surface area contributed by atoms with E-state index in [1.165, 1.54) is 18.2 Å². The highest BCUT2D eigenvalue weighted by atomic mass is 19.3. The van der Waals surface area contributed by atoms with Crippen molar-refractivity contribution in [3.63, 3.8) is 0 Å². The lowest BCUT2D eigenvalue weighted by molar-refractivity contribution is -0.147. The maximum absolute atomic E-state index is 12.3. The first kappa shape index (κ1) is 16.2. The lowest BCUT2D eigenvalue weighted by Gasteiger charge is -2.27. The third-order valence-corrected chi connectivity index (χ3v) is 3.78. The molecule has 5 nitrogen and oxygen atoms in total. The van der Waals surface area contributed by atoms with E-state index in [4.69, 9.17) is 0 Å². The first-order valence-corrected chi connectivity index (χ1v) is 7.06. The normalized spacial score (nSPS) is 21.4. The fourth-order valence-corrected chi connectivity index (χ4v) is 2.73. The smallest absolute Gasteiger partial charge is 0.387 e. The van der Waals surface area contributed by atoms with E-state index in [1.54, 1.807) is 6.07 Å². The second-order valence-electron chi connectivity index (χ2n) is 5.20. The molecular formula is C15H17F2NO4. The summed E-state index contributed by atoms with van der Waals surface area (Å²) < 4.78 is 29.0. The Morgan fingerprint density at radius 2 is 1.82 bits per heavy atom. The van der Waals surface area contributed by atoms with Gasteiger partial charge in [0.25, 0.3) is 0 Å². The van der Waals surface area contributed by atoms with E-state index >= 15 is 0 Å².